The predicted octanol–water partition coefficient (Wildman–Crippen LogP) is 3.60. The van der Waals surface area contributed by atoms with Crippen LogP contribution in [0.25, 0.3) is 10.9 Å². The van der Waals surface area contributed by atoms with E-state index in [1.165, 1.54) is 37.8 Å². The van der Waals surface area contributed by atoms with Gasteiger partial charge < -0.3 is 5.32 Å². The lowest BCUT2D eigenvalue weighted by Gasteiger charge is -2.18. The molecule has 1 N–H and O–H groups in total. The van der Waals surface area contributed by atoms with E-state index in [4.69, 9.17) is 0 Å². The zero-order chi connectivity index (χ0) is 15.3. The summed E-state index contributed by atoms with van der Waals surface area (Å²) in [6.07, 6.45) is 4.93. The second-order valence-electron chi connectivity index (χ2n) is 6.63. The monoisotopic (exact) mass is 298 g/mol. The number of nitrogens with one attached hydrogen (secondary N) is 1. The second-order valence-corrected chi connectivity index (χ2v) is 6.63. The molecule has 4 rings (SSSR count). The molecule has 22 heavy (non-hydrogen) atoms. The number of pyridine rings is 1. The zero-order valence-corrected chi connectivity index (χ0v) is 12.6. The Bertz CT molecular complexity index is 738. The molecule has 2 aromatic rings. The lowest BCUT2D eigenvalue weighted by atomic mass is 10.0. The molecule has 1 aromatic carbocycles. The summed E-state index contributed by atoms with van der Waals surface area (Å²) in [5, 5.41) is 4.02. The smallest absolute Gasteiger partial charge is 0.253 e. The maximum absolute atomic E-state index is 13.3. The van der Waals surface area contributed by atoms with E-state index < -0.39 is 0 Å². The van der Waals surface area contributed by atoms with Crippen molar-refractivity contribution in [2.45, 2.75) is 38.6 Å². The summed E-state index contributed by atoms with van der Waals surface area (Å²) in [6, 6.07) is 6.63. The number of hydrogen-bond donors (Lipinski definition) is 1. The summed E-state index contributed by atoms with van der Waals surface area (Å²) in [4.78, 5) is 17.0. The van der Waals surface area contributed by atoms with Gasteiger partial charge >= 0.3 is 0 Å². The third-order valence-corrected chi connectivity index (χ3v) is 4.77. The molecule has 0 unspecified atom stereocenters. The van der Waals surface area contributed by atoms with Crippen molar-refractivity contribution in [2.24, 2.45) is 11.8 Å². The van der Waals surface area contributed by atoms with Crippen molar-refractivity contribution in [3.63, 3.8) is 0 Å². The van der Waals surface area contributed by atoms with E-state index in [1.54, 1.807) is 6.07 Å². The van der Waals surface area contributed by atoms with Crippen LogP contribution in [0.5, 0.6) is 0 Å². The highest BCUT2D eigenvalue weighted by molar-refractivity contribution is 5.98. The molecule has 114 valence electrons. The molecule has 2 aliphatic rings. The van der Waals surface area contributed by atoms with Crippen LogP contribution < -0.4 is 5.32 Å². The van der Waals surface area contributed by atoms with Crippen LogP contribution in [0.15, 0.2) is 24.3 Å². The molecule has 1 heterocycles. The number of benzene rings is 1. The first-order valence-corrected chi connectivity index (χ1v) is 7.99. The number of amides is 1. The first-order chi connectivity index (χ1) is 10.6. The van der Waals surface area contributed by atoms with E-state index in [-0.39, 0.29) is 11.7 Å². The van der Waals surface area contributed by atoms with Crippen LogP contribution in [0.4, 0.5) is 4.39 Å². The van der Waals surface area contributed by atoms with Crippen LogP contribution in [0.2, 0.25) is 0 Å². The lowest BCUT2D eigenvalue weighted by Crippen LogP contribution is -2.38. The standard InChI is InChI=1S/C18H19FN2O/c1-10-15(8-13-6-7-14(19)9-16(13)20-10)18(22)21-17(11-2-3-11)12-4-5-12/h6-9,11-12,17H,2-5H2,1H3,(H,21,22). The van der Waals surface area contributed by atoms with Crippen molar-refractivity contribution in [2.75, 3.05) is 0 Å². The first kappa shape index (κ1) is 13.7. The van der Waals surface area contributed by atoms with Crippen LogP contribution in [0, 0.1) is 24.6 Å². The lowest BCUT2D eigenvalue weighted by molar-refractivity contribution is 0.0925. The molecule has 2 aliphatic carbocycles. The molecule has 4 heteroatoms. The predicted molar refractivity (Wildman–Crippen MR) is 83.1 cm³/mol. The molecule has 2 fully saturated rings. The Hall–Kier alpha value is -1.97. The van der Waals surface area contributed by atoms with E-state index >= 15 is 0 Å². The number of carbonyl (C=O) groups is 1. The Kier molecular flexibility index (Phi) is 3.13. The molecule has 1 amide bonds. The van der Waals surface area contributed by atoms with Crippen molar-refractivity contribution in [3.05, 3.63) is 41.3 Å². The average Bonchev–Trinajstić information content (AvgIpc) is 3.37. The van der Waals surface area contributed by atoms with Gasteiger partial charge in [-0.1, -0.05) is 0 Å². The Morgan fingerprint density at radius 2 is 1.91 bits per heavy atom. The summed E-state index contributed by atoms with van der Waals surface area (Å²) in [5.41, 5.74) is 1.85. The molecule has 0 aliphatic heterocycles. The molecule has 0 saturated heterocycles. The molecule has 3 nitrogen and oxygen atoms in total. The SMILES string of the molecule is Cc1nc2cc(F)ccc2cc1C(=O)NC(C1CC1)C1CC1. The Morgan fingerprint density at radius 3 is 2.55 bits per heavy atom. The molecular formula is C18H19FN2O. The summed E-state index contributed by atoms with van der Waals surface area (Å²) >= 11 is 0. The minimum atomic E-state index is -0.306. The first-order valence-electron chi connectivity index (χ1n) is 7.99. The van der Waals surface area contributed by atoms with Crippen molar-refractivity contribution in [1.82, 2.24) is 10.3 Å². The third-order valence-electron chi connectivity index (χ3n) is 4.77. The molecule has 2 saturated carbocycles. The van der Waals surface area contributed by atoms with Gasteiger partial charge in [-0.25, -0.2) is 4.39 Å². The topological polar surface area (TPSA) is 42.0 Å². The fraction of sp³-hybridized carbons (Fsp3) is 0.444. The van der Waals surface area contributed by atoms with Gasteiger partial charge in [0.15, 0.2) is 0 Å². The van der Waals surface area contributed by atoms with Gasteiger partial charge in [-0.2, -0.15) is 0 Å². The number of nitrogens with zero attached hydrogens (tertiary/aromatic N) is 1. The Morgan fingerprint density at radius 1 is 1.23 bits per heavy atom. The van der Waals surface area contributed by atoms with Crippen LogP contribution in [0.1, 0.15) is 41.7 Å². The minimum absolute atomic E-state index is 0.0416. The van der Waals surface area contributed by atoms with Gasteiger partial charge in [0.05, 0.1) is 16.8 Å². The highest BCUT2D eigenvalue weighted by Crippen LogP contribution is 2.44. The maximum Gasteiger partial charge on any atom is 0.253 e. The molecule has 0 spiro atoms. The Labute approximate surface area is 128 Å². The van der Waals surface area contributed by atoms with Crippen LogP contribution in [-0.2, 0) is 0 Å². The molecule has 0 bridgehead atoms. The van der Waals surface area contributed by atoms with Gasteiger partial charge in [0.2, 0.25) is 0 Å². The zero-order valence-electron chi connectivity index (χ0n) is 12.6. The minimum Gasteiger partial charge on any atom is -0.349 e. The van der Waals surface area contributed by atoms with Crippen LogP contribution >= 0.6 is 0 Å². The quantitative estimate of drug-likeness (QED) is 0.937. The number of aryl methyl sites for hydroxylation is 1. The van der Waals surface area contributed by atoms with Gasteiger partial charge in [0.1, 0.15) is 5.82 Å². The summed E-state index contributed by atoms with van der Waals surface area (Å²) in [5.74, 6) is 0.984. The van der Waals surface area contributed by atoms with Gasteiger partial charge in [-0.05, 0) is 62.6 Å². The second kappa shape index (κ2) is 5.04. The van der Waals surface area contributed by atoms with E-state index in [9.17, 15) is 9.18 Å². The van der Waals surface area contributed by atoms with Crippen molar-refractivity contribution in [3.8, 4) is 0 Å². The maximum atomic E-state index is 13.3. The molecule has 0 atom stereocenters. The summed E-state index contributed by atoms with van der Waals surface area (Å²) in [7, 11) is 0. The summed E-state index contributed by atoms with van der Waals surface area (Å²) in [6.45, 7) is 1.81. The molecule has 0 radical (unpaired) electrons. The molecule has 1 aromatic heterocycles. The normalized spacial score (nSPS) is 18.0. The number of rotatable bonds is 4. The number of hydrogen-bond acceptors (Lipinski definition) is 2. The highest BCUT2D eigenvalue weighted by atomic mass is 19.1. The van der Waals surface area contributed by atoms with Crippen molar-refractivity contribution < 1.29 is 9.18 Å². The fourth-order valence-electron chi connectivity index (χ4n) is 3.23. The van der Waals surface area contributed by atoms with Crippen LogP contribution in [0.3, 0.4) is 0 Å². The number of carbonyl (C=O) groups excluding carboxylic acids is 1. The average molecular weight is 298 g/mol. The van der Waals surface area contributed by atoms with E-state index in [0.29, 0.717) is 34.7 Å². The third kappa shape index (κ3) is 2.58. The van der Waals surface area contributed by atoms with Crippen molar-refractivity contribution >= 4 is 16.8 Å². The van der Waals surface area contributed by atoms with E-state index in [2.05, 4.69) is 10.3 Å². The Balaban J connectivity index is 1.63. The van der Waals surface area contributed by atoms with E-state index in [0.717, 1.165) is 5.39 Å². The fourth-order valence-corrected chi connectivity index (χ4v) is 3.23. The van der Waals surface area contributed by atoms with Gasteiger partial charge in [0.25, 0.3) is 5.91 Å². The van der Waals surface area contributed by atoms with Gasteiger partial charge in [-0.15, -0.1) is 0 Å². The number of fused-ring (bicyclic) bond motifs is 1. The summed E-state index contributed by atoms with van der Waals surface area (Å²) < 4.78 is 13.3. The molecular weight excluding hydrogens is 279 g/mol. The number of aromatic nitrogens is 1. The largest absolute Gasteiger partial charge is 0.349 e. The van der Waals surface area contributed by atoms with Crippen LogP contribution in [-0.4, -0.2) is 16.9 Å². The van der Waals surface area contributed by atoms with Gasteiger partial charge in [-0.3, -0.25) is 9.78 Å². The van der Waals surface area contributed by atoms with E-state index in [1.807, 2.05) is 13.0 Å². The highest BCUT2D eigenvalue weighted by Gasteiger charge is 2.42. The number of halogens is 1. The van der Waals surface area contributed by atoms with Gasteiger partial charge in [0, 0.05) is 17.5 Å². The van der Waals surface area contributed by atoms with Crippen molar-refractivity contribution in [1.29, 1.82) is 0 Å².